The second-order valence-corrected chi connectivity index (χ2v) is 9.33. The number of aliphatic hydroxyl groups is 1. The lowest BCUT2D eigenvalue weighted by Crippen LogP contribution is -2.29. The molecule has 1 saturated heterocycles. The van der Waals surface area contributed by atoms with Gasteiger partial charge in [0.1, 0.15) is 11.5 Å². The molecule has 0 saturated carbocycles. The quantitative estimate of drug-likeness (QED) is 0.285. The lowest BCUT2D eigenvalue weighted by molar-refractivity contribution is -0.132. The highest BCUT2D eigenvalue weighted by Crippen LogP contribution is 2.43. The van der Waals surface area contributed by atoms with Crippen LogP contribution in [0.1, 0.15) is 43.0 Å². The Morgan fingerprint density at radius 2 is 1.94 bits per heavy atom. The number of benzene rings is 2. The van der Waals surface area contributed by atoms with Gasteiger partial charge >= 0.3 is 5.91 Å². The normalized spacial score (nSPS) is 17.7. The smallest absolute Gasteiger partial charge is 0.301 e. The van der Waals surface area contributed by atoms with Crippen LogP contribution in [0.25, 0.3) is 5.76 Å². The van der Waals surface area contributed by atoms with Crippen molar-refractivity contribution in [1.82, 2.24) is 4.98 Å². The van der Waals surface area contributed by atoms with Crippen LogP contribution in [0, 0.1) is 12.8 Å². The summed E-state index contributed by atoms with van der Waals surface area (Å²) in [4.78, 5) is 31.9. The predicted octanol–water partition coefficient (Wildman–Crippen LogP) is 5.50. The highest BCUT2D eigenvalue weighted by molar-refractivity contribution is 7.14. The van der Waals surface area contributed by atoms with E-state index in [9.17, 15) is 14.7 Å². The van der Waals surface area contributed by atoms with Gasteiger partial charge in [0.25, 0.3) is 5.78 Å². The zero-order chi connectivity index (χ0) is 23.5. The second-order valence-electron chi connectivity index (χ2n) is 8.45. The number of anilines is 1. The SMILES string of the molecule is Cc1ccc(C(O)=C2C(=O)C(=O)N(c3nccs3)C2c2cccc(OCCC(C)C)c2)cc1. The fourth-order valence-corrected chi connectivity index (χ4v) is 4.40. The largest absolute Gasteiger partial charge is 0.507 e. The molecule has 0 spiro atoms. The van der Waals surface area contributed by atoms with Crippen LogP contribution >= 0.6 is 11.3 Å². The van der Waals surface area contributed by atoms with Crippen molar-refractivity contribution in [2.45, 2.75) is 33.2 Å². The number of amides is 1. The van der Waals surface area contributed by atoms with Gasteiger partial charge in [0, 0.05) is 17.1 Å². The summed E-state index contributed by atoms with van der Waals surface area (Å²) in [6.07, 6.45) is 2.50. The number of ketones is 1. The van der Waals surface area contributed by atoms with Crippen molar-refractivity contribution in [3.05, 3.63) is 82.4 Å². The Balaban J connectivity index is 1.81. The van der Waals surface area contributed by atoms with Crippen molar-refractivity contribution in [2.75, 3.05) is 11.5 Å². The lowest BCUT2D eigenvalue weighted by Gasteiger charge is -2.23. The molecule has 7 heteroatoms. The van der Waals surface area contributed by atoms with Gasteiger partial charge in [-0.15, -0.1) is 11.3 Å². The molecule has 0 bridgehead atoms. The van der Waals surface area contributed by atoms with Crippen LogP contribution in [0.3, 0.4) is 0 Å². The Hall–Kier alpha value is -3.45. The van der Waals surface area contributed by atoms with Gasteiger partial charge in [-0.05, 0) is 37.0 Å². The maximum Gasteiger partial charge on any atom is 0.301 e. The van der Waals surface area contributed by atoms with Crippen LogP contribution < -0.4 is 9.64 Å². The van der Waals surface area contributed by atoms with E-state index >= 15 is 0 Å². The number of carbonyl (C=O) groups is 2. The van der Waals surface area contributed by atoms with Crippen molar-refractivity contribution >= 4 is 33.9 Å². The van der Waals surface area contributed by atoms with Gasteiger partial charge in [0.2, 0.25) is 0 Å². The summed E-state index contributed by atoms with van der Waals surface area (Å²) >= 11 is 1.26. The molecule has 1 aliphatic rings. The van der Waals surface area contributed by atoms with E-state index in [0.717, 1.165) is 12.0 Å². The molecule has 0 aliphatic carbocycles. The number of Topliss-reactive ketones (excluding diaryl/α,β-unsaturated/α-hetero) is 1. The second kappa shape index (κ2) is 9.58. The Morgan fingerprint density at radius 1 is 1.18 bits per heavy atom. The minimum Gasteiger partial charge on any atom is -0.507 e. The summed E-state index contributed by atoms with van der Waals surface area (Å²) < 4.78 is 5.91. The Kier molecular flexibility index (Phi) is 6.60. The molecule has 2 aromatic carbocycles. The predicted molar refractivity (Wildman–Crippen MR) is 129 cm³/mol. The molecule has 170 valence electrons. The van der Waals surface area contributed by atoms with Crippen LogP contribution in [0.4, 0.5) is 5.13 Å². The minimum absolute atomic E-state index is 0.0402. The summed E-state index contributed by atoms with van der Waals surface area (Å²) in [5.41, 5.74) is 2.21. The molecule has 1 aromatic heterocycles. The molecule has 1 amide bonds. The maximum atomic E-state index is 13.1. The summed E-state index contributed by atoms with van der Waals surface area (Å²) in [6, 6.07) is 13.7. The van der Waals surface area contributed by atoms with Gasteiger partial charge in [0.15, 0.2) is 5.13 Å². The van der Waals surface area contributed by atoms with Gasteiger partial charge in [-0.2, -0.15) is 0 Å². The number of aromatic nitrogens is 1. The van der Waals surface area contributed by atoms with E-state index in [1.54, 1.807) is 23.7 Å². The number of hydrogen-bond acceptors (Lipinski definition) is 6. The fourth-order valence-electron chi connectivity index (χ4n) is 3.73. The third-order valence-electron chi connectivity index (χ3n) is 5.53. The first-order valence-electron chi connectivity index (χ1n) is 10.9. The zero-order valence-corrected chi connectivity index (χ0v) is 19.6. The number of thiazole rings is 1. The lowest BCUT2D eigenvalue weighted by atomic mass is 9.95. The van der Waals surface area contributed by atoms with Crippen molar-refractivity contribution in [2.24, 2.45) is 5.92 Å². The zero-order valence-electron chi connectivity index (χ0n) is 18.8. The van der Waals surface area contributed by atoms with E-state index < -0.39 is 17.7 Å². The molecule has 2 heterocycles. The van der Waals surface area contributed by atoms with Crippen LogP contribution in [0.15, 0.2) is 65.7 Å². The van der Waals surface area contributed by atoms with E-state index in [0.29, 0.717) is 34.5 Å². The van der Waals surface area contributed by atoms with E-state index in [1.807, 2.05) is 43.3 Å². The van der Waals surface area contributed by atoms with Crippen LogP contribution in [0.2, 0.25) is 0 Å². The van der Waals surface area contributed by atoms with E-state index in [2.05, 4.69) is 18.8 Å². The average Bonchev–Trinajstić information content (AvgIpc) is 3.41. The van der Waals surface area contributed by atoms with Gasteiger partial charge in [0.05, 0.1) is 18.2 Å². The molecule has 3 aromatic rings. The van der Waals surface area contributed by atoms with Gasteiger partial charge in [-0.3, -0.25) is 14.5 Å². The van der Waals surface area contributed by atoms with Crippen molar-refractivity contribution < 1.29 is 19.4 Å². The van der Waals surface area contributed by atoms with Crippen molar-refractivity contribution in [3.8, 4) is 5.75 Å². The third kappa shape index (κ3) is 4.68. The van der Waals surface area contributed by atoms with Crippen LogP contribution in [-0.4, -0.2) is 28.4 Å². The number of aryl methyl sites for hydroxylation is 1. The first-order valence-corrected chi connectivity index (χ1v) is 11.7. The molecule has 1 unspecified atom stereocenters. The number of ether oxygens (including phenoxy) is 1. The molecule has 1 N–H and O–H groups in total. The molecule has 0 radical (unpaired) electrons. The Morgan fingerprint density at radius 3 is 2.61 bits per heavy atom. The minimum atomic E-state index is -0.814. The molecule has 1 atom stereocenters. The molecule has 1 aliphatic heterocycles. The van der Waals surface area contributed by atoms with Gasteiger partial charge in [-0.1, -0.05) is 55.8 Å². The highest BCUT2D eigenvalue weighted by atomic mass is 32.1. The number of rotatable bonds is 7. The molecule has 33 heavy (non-hydrogen) atoms. The van der Waals surface area contributed by atoms with E-state index in [4.69, 9.17) is 4.74 Å². The average molecular weight is 463 g/mol. The maximum absolute atomic E-state index is 13.1. The Bertz CT molecular complexity index is 1180. The van der Waals surface area contributed by atoms with Crippen molar-refractivity contribution in [3.63, 3.8) is 0 Å². The summed E-state index contributed by atoms with van der Waals surface area (Å²) in [7, 11) is 0. The third-order valence-corrected chi connectivity index (χ3v) is 6.30. The fraction of sp³-hybridized carbons (Fsp3) is 0.269. The summed E-state index contributed by atoms with van der Waals surface area (Å²) in [5.74, 6) is -0.495. The van der Waals surface area contributed by atoms with E-state index in [-0.39, 0.29) is 11.3 Å². The first-order chi connectivity index (χ1) is 15.9. The molecule has 1 fully saturated rings. The highest BCUT2D eigenvalue weighted by Gasteiger charge is 2.48. The first kappa shape index (κ1) is 22.7. The Labute approximate surface area is 197 Å². The molecular weight excluding hydrogens is 436 g/mol. The van der Waals surface area contributed by atoms with Gasteiger partial charge in [-0.25, -0.2) is 4.98 Å². The standard InChI is InChI=1S/C26H26N2O4S/c1-16(2)11-13-32-20-6-4-5-19(15-20)22-21(23(29)18-9-7-17(3)8-10-18)24(30)25(31)28(22)26-27-12-14-33-26/h4-10,12,14-16,22,29H,11,13H2,1-3H3. The number of hydrogen-bond donors (Lipinski definition) is 1. The molecular formula is C26H26N2O4S. The summed E-state index contributed by atoms with van der Waals surface area (Å²) in [6.45, 7) is 6.77. The number of aliphatic hydroxyl groups excluding tert-OH is 1. The topological polar surface area (TPSA) is 79.7 Å². The monoisotopic (exact) mass is 462 g/mol. The number of nitrogens with zero attached hydrogens (tertiary/aromatic N) is 2. The number of carbonyl (C=O) groups excluding carboxylic acids is 2. The molecule has 4 rings (SSSR count). The molecule has 6 nitrogen and oxygen atoms in total. The van der Waals surface area contributed by atoms with E-state index in [1.165, 1.54) is 16.2 Å². The van der Waals surface area contributed by atoms with Crippen molar-refractivity contribution in [1.29, 1.82) is 0 Å². The van der Waals surface area contributed by atoms with Crippen LogP contribution in [-0.2, 0) is 9.59 Å². The van der Waals surface area contributed by atoms with Gasteiger partial charge < -0.3 is 9.84 Å². The van der Waals surface area contributed by atoms with Crippen LogP contribution in [0.5, 0.6) is 5.75 Å². The summed E-state index contributed by atoms with van der Waals surface area (Å²) in [5, 5.41) is 13.3.